The molecule has 3 atom stereocenters. The van der Waals surface area contributed by atoms with Gasteiger partial charge >= 0.3 is 0 Å². The normalized spacial score (nSPS) is 33.1. The van der Waals surface area contributed by atoms with Gasteiger partial charge in [0.2, 0.25) is 5.91 Å². The fourth-order valence-corrected chi connectivity index (χ4v) is 3.00. The third-order valence-corrected chi connectivity index (χ3v) is 4.33. The maximum Gasteiger partial charge on any atom is 0.224 e. The van der Waals surface area contributed by atoms with Crippen molar-refractivity contribution in [3.63, 3.8) is 0 Å². The van der Waals surface area contributed by atoms with E-state index in [-0.39, 0.29) is 17.9 Å². The van der Waals surface area contributed by atoms with E-state index in [0.717, 1.165) is 58.7 Å². The number of hydrogen-bond acceptors (Lipinski definition) is 4. The Balaban J connectivity index is 1.68. The first-order valence-corrected chi connectivity index (χ1v) is 7.50. The van der Waals surface area contributed by atoms with Gasteiger partial charge in [-0.3, -0.25) is 9.69 Å². The van der Waals surface area contributed by atoms with Crippen LogP contribution in [0.3, 0.4) is 0 Å². The minimum Gasteiger partial charge on any atom is -0.379 e. The van der Waals surface area contributed by atoms with Gasteiger partial charge in [0.05, 0.1) is 19.1 Å². The Morgan fingerprint density at radius 2 is 2.11 bits per heavy atom. The summed E-state index contributed by atoms with van der Waals surface area (Å²) in [5.41, 5.74) is 6.07. The van der Waals surface area contributed by atoms with Gasteiger partial charge in [0.25, 0.3) is 0 Å². The van der Waals surface area contributed by atoms with Gasteiger partial charge in [0.1, 0.15) is 0 Å². The van der Waals surface area contributed by atoms with Crippen molar-refractivity contribution in [2.45, 2.75) is 32.2 Å². The summed E-state index contributed by atoms with van der Waals surface area (Å²) >= 11 is 0. The fraction of sp³-hybridized carbons (Fsp3) is 0.929. The lowest BCUT2D eigenvalue weighted by Gasteiger charge is -2.32. The molecule has 5 nitrogen and oxygen atoms in total. The third-order valence-electron chi connectivity index (χ3n) is 4.33. The van der Waals surface area contributed by atoms with E-state index in [0.29, 0.717) is 5.92 Å². The molecule has 1 aliphatic heterocycles. The molecule has 0 aromatic carbocycles. The Bertz CT molecular complexity index is 292. The molecule has 19 heavy (non-hydrogen) atoms. The van der Waals surface area contributed by atoms with Gasteiger partial charge in [-0.2, -0.15) is 0 Å². The summed E-state index contributed by atoms with van der Waals surface area (Å²) in [6, 6.07) is 0.0413. The van der Waals surface area contributed by atoms with Crippen LogP contribution in [0.1, 0.15) is 26.2 Å². The van der Waals surface area contributed by atoms with E-state index >= 15 is 0 Å². The smallest absolute Gasteiger partial charge is 0.224 e. The van der Waals surface area contributed by atoms with E-state index in [4.69, 9.17) is 10.5 Å². The van der Waals surface area contributed by atoms with Crippen LogP contribution in [-0.2, 0) is 9.53 Å². The number of carbonyl (C=O) groups is 1. The van der Waals surface area contributed by atoms with E-state index in [1.165, 1.54) is 0 Å². The van der Waals surface area contributed by atoms with Crippen LogP contribution in [0.25, 0.3) is 0 Å². The third kappa shape index (κ3) is 4.44. The van der Waals surface area contributed by atoms with Crippen molar-refractivity contribution in [3.8, 4) is 0 Å². The average molecular weight is 269 g/mol. The molecule has 2 rings (SSSR count). The molecule has 5 heteroatoms. The van der Waals surface area contributed by atoms with Crippen molar-refractivity contribution < 1.29 is 9.53 Å². The molecule has 0 aromatic rings. The number of morpholine rings is 1. The molecule has 110 valence electrons. The summed E-state index contributed by atoms with van der Waals surface area (Å²) in [6.07, 6.45) is 3.06. The molecule has 1 saturated carbocycles. The molecule has 1 aliphatic carbocycles. The molecule has 2 aliphatic rings. The monoisotopic (exact) mass is 269 g/mol. The first-order chi connectivity index (χ1) is 9.16. The van der Waals surface area contributed by atoms with Gasteiger partial charge in [-0.05, 0) is 25.2 Å². The van der Waals surface area contributed by atoms with Crippen LogP contribution in [-0.4, -0.2) is 56.2 Å². The first kappa shape index (κ1) is 14.8. The maximum atomic E-state index is 12.2. The lowest BCUT2D eigenvalue weighted by Crippen LogP contribution is -2.47. The van der Waals surface area contributed by atoms with E-state index in [1.54, 1.807) is 0 Å². The number of carbonyl (C=O) groups excluding carboxylic acids is 1. The van der Waals surface area contributed by atoms with Gasteiger partial charge in [-0.1, -0.05) is 6.92 Å². The van der Waals surface area contributed by atoms with E-state index in [1.807, 2.05) is 0 Å². The lowest BCUT2D eigenvalue weighted by molar-refractivity contribution is -0.127. The van der Waals surface area contributed by atoms with Crippen LogP contribution in [0, 0.1) is 11.8 Å². The summed E-state index contributed by atoms with van der Waals surface area (Å²) < 4.78 is 5.30. The summed E-state index contributed by atoms with van der Waals surface area (Å²) in [5, 5.41) is 3.05. The van der Waals surface area contributed by atoms with Gasteiger partial charge in [-0.25, -0.2) is 0 Å². The van der Waals surface area contributed by atoms with Crippen molar-refractivity contribution in [2.24, 2.45) is 17.6 Å². The zero-order chi connectivity index (χ0) is 13.7. The van der Waals surface area contributed by atoms with Gasteiger partial charge in [0.15, 0.2) is 0 Å². The number of nitrogens with one attached hydrogen (secondary N) is 1. The Labute approximate surface area is 115 Å². The molecule has 0 radical (unpaired) electrons. The van der Waals surface area contributed by atoms with Crippen LogP contribution < -0.4 is 11.1 Å². The summed E-state index contributed by atoms with van der Waals surface area (Å²) in [7, 11) is 0. The molecule has 1 heterocycles. The number of ether oxygens (including phenoxy) is 1. The number of nitrogens with zero attached hydrogens (tertiary/aromatic N) is 1. The number of nitrogens with two attached hydrogens (primary N) is 1. The Kier molecular flexibility index (Phi) is 5.60. The lowest BCUT2D eigenvalue weighted by atomic mass is 9.79. The van der Waals surface area contributed by atoms with Crippen molar-refractivity contribution in [1.29, 1.82) is 0 Å². The molecule has 2 fully saturated rings. The SMILES string of the molecule is CC1CCC(N)C(C(=O)NCCN2CCOCC2)C1. The van der Waals surface area contributed by atoms with Crippen LogP contribution in [0.5, 0.6) is 0 Å². The van der Waals surface area contributed by atoms with Crippen molar-refractivity contribution in [2.75, 3.05) is 39.4 Å². The van der Waals surface area contributed by atoms with Crippen LogP contribution >= 0.6 is 0 Å². The molecule has 1 amide bonds. The summed E-state index contributed by atoms with van der Waals surface area (Å²) in [4.78, 5) is 14.5. The minimum atomic E-state index is 0.00781. The van der Waals surface area contributed by atoms with Gasteiger partial charge < -0.3 is 15.8 Å². The second-order valence-corrected chi connectivity index (χ2v) is 5.93. The molecule has 0 aromatic heterocycles. The largest absolute Gasteiger partial charge is 0.379 e. The predicted octanol–water partition coefficient (Wildman–Crippen LogP) is 0.198. The first-order valence-electron chi connectivity index (χ1n) is 7.50. The molecule has 3 unspecified atom stereocenters. The fourth-order valence-electron chi connectivity index (χ4n) is 3.00. The van der Waals surface area contributed by atoms with Crippen molar-refractivity contribution in [3.05, 3.63) is 0 Å². The molecular weight excluding hydrogens is 242 g/mol. The van der Waals surface area contributed by atoms with Crippen LogP contribution in [0.15, 0.2) is 0 Å². The van der Waals surface area contributed by atoms with E-state index in [2.05, 4.69) is 17.1 Å². The number of hydrogen-bond donors (Lipinski definition) is 2. The highest BCUT2D eigenvalue weighted by Gasteiger charge is 2.31. The molecular formula is C14H27N3O2. The number of rotatable bonds is 4. The topological polar surface area (TPSA) is 67.6 Å². The molecule has 0 spiro atoms. The highest BCUT2D eigenvalue weighted by atomic mass is 16.5. The second kappa shape index (κ2) is 7.22. The molecule has 3 N–H and O–H groups in total. The average Bonchev–Trinajstić information content (AvgIpc) is 2.42. The summed E-state index contributed by atoms with van der Waals surface area (Å²) in [6.45, 7) is 7.38. The minimum absolute atomic E-state index is 0.00781. The number of amides is 1. The van der Waals surface area contributed by atoms with E-state index < -0.39 is 0 Å². The maximum absolute atomic E-state index is 12.2. The van der Waals surface area contributed by atoms with E-state index in [9.17, 15) is 4.79 Å². The van der Waals surface area contributed by atoms with Gasteiger partial charge in [-0.15, -0.1) is 0 Å². The van der Waals surface area contributed by atoms with Gasteiger partial charge in [0, 0.05) is 32.2 Å². The van der Waals surface area contributed by atoms with Crippen molar-refractivity contribution in [1.82, 2.24) is 10.2 Å². The predicted molar refractivity (Wildman–Crippen MR) is 74.7 cm³/mol. The molecule has 0 bridgehead atoms. The van der Waals surface area contributed by atoms with Crippen molar-refractivity contribution >= 4 is 5.91 Å². The summed E-state index contributed by atoms with van der Waals surface area (Å²) in [5.74, 6) is 0.774. The Morgan fingerprint density at radius 3 is 2.84 bits per heavy atom. The second-order valence-electron chi connectivity index (χ2n) is 5.93. The highest BCUT2D eigenvalue weighted by Crippen LogP contribution is 2.27. The zero-order valence-electron chi connectivity index (χ0n) is 11.9. The molecule has 1 saturated heterocycles. The van der Waals surface area contributed by atoms with Crippen LogP contribution in [0.4, 0.5) is 0 Å². The standard InChI is InChI=1S/C14H27N3O2/c1-11-2-3-13(15)12(10-11)14(18)16-4-5-17-6-8-19-9-7-17/h11-13H,2-10,15H2,1H3,(H,16,18). The van der Waals surface area contributed by atoms with Crippen LogP contribution in [0.2, 0.25) is 0 Å². The Hall–Kier alpha value is -0.650. The highest BCUT2D eigenvalue weighted by molar-refractivity contribution is 5.79. The Morgan fingerprint density at radius 1 is 1.37 bits per heavy atom. The quantitative estimate of drug-likeness (QED) is 0.765. The zero-order valence-corrected chi connectivity index (χ0v) is 11.9.